The van der Waals surface area contributed by atoms with Crippen molar-refractivity contribution in [3.05, 3.63) is 66.1 Å². The van der Waals surface area contributed by atoms with Crippen molar-refractivity contribution >= 4 is 27.0 Å². The fourth-order valence-corrected chi connectivity index (χ4v) is 4.95. The molecule has 184 valence electrons. The van der Waals surface area contributed by atoms with Crippen LogP contribution in [0.4, 0.5) is 0 Å². The van der Waals surface area contributed by atoms with Gasteiger partial charge in [0.15, 0.2) is 11.2 Å². The molecule has 1 amide bonds. The van der Waals surface area contributed by atoms with E-state index in [4.69, 9.17) is 4.42 Å². The quantitative estimate of drug-likeness (QED) is 0.341. The zero-order valence-corrected chi connectivity index (χ0v) is 20.5. The minimum Gasteiger partial charge on any atom is -0.437 e. The van der Waals surface area contributed by atoms with Gasteiger partial charge in [-0.1, -0.05) is 49.4 Å². The summed E-state index contributed by atoms with van der Waals surface area (Å²) in [6, 6.07) is 16.9. The van der Waals surface area contributed by atoms with Crippen LogP contribution in [-0.4, -0.2) is 43.3 Å². The van der Waals surface area contributed by atoms with Crippen LogP contribution in [0.1, 0.15) is 44.6 Å². The average Bonchev–Trinajstić information content (AvgIpc) is 3.26. The Morgan fingerprint density at radius 2 is 1.82 bits per heavy atom. The summed E-state index contributed by atoms with van der Waals surface area (Å²) in [4.78, 5) is 15.4. The second kappa shape index (κ2) is 11.6. The van der Waals surface area contributed by atoms with Gasteiger partial charge in [-0.25, -0.2) is 18.1 Å². The molecule has 9 heteroatoms. The average molecular weight is 488 g/mol. The number of benzene rings is 2. The van der Waals surface area contributed by atoms with Crippen molar-refractivity contribution in [1.82, 2.24) is 15.0 Å². The minimum atomic E-state index is -3.64. The second-order valence-electron chi connectivity index (χ2n) is 8.81. The molecule has 0 aliphatic rings. The van der Waals surface area contributed by atoms with Crippen molar-refractivity contribution in [2.24, 2.45) is 5.92 Å². The lowest BCUT2D eigenvalue weighted by molar-refractivity contribution is -0.119. The summed E-state index contributed by atoms with van der Waals surface area (Å²) in [6.45, 7) is 3.68. The van der Waals surface area contributed by atoms with Crippen molar-refractivity contribution in [3.63, 3.8) is 0 Å². The van der Waals surface area contributed by atoms with Crippen LogP contribution in [0.3, 0.4) is 0 Å². The summed E-state index contributed by atoms with van der Waals surface area (Å²) in [5.74, 6) is 0.0419. The number of aromatic nitrogens is 1. The summed E-state index contributed by atoms with van der Waals surface area (Å²) in [6.07, 6.45) is 1.90. The number of nitrogens with zero attached hydrogens (tertiary/aromatic N) is 1. The third kappa shape index (κ3) is 7.65. The van der Waals surface area contributed by atoms with Crippen molar-refractivity contribution in [3.8, 4) is 0 Å². The van der Waals surface area contributed by atoms with Crippen LogP contribution >= 0.6 is 0 Å². The van der Waals surface area contributed by atoms with E-state index in [2.05, 4.69) is 15.0 Å². The van der Waals surface area contributed by atoms with Crippen LogP contribution in [0.25, 0.3) is 11.1 Å². The van der Waals surface area contributed by atoms with E-state index in [1.54, 1.807) is 12.1 Å². The Hall–Kier alpha value is -2.75. The standard InChI is InChI=1S/C25H33N3O5S/c1-19(13-16-26-20(2)29)14-17-34(31,32)27-18-25(30,15-12-21-8-4-3-5-9-21)24-28-22-10-6-7-11-23(22)33-24/h3-11,19,27,30H,12-18H2,1-2H3,(H,26,29). The molecule has 34 heavy (non-hydrogen) atoms. The number of rotatable bonds is 13. The van der Waals surface area contributed by atoms with Crippen LogP contribution in [-0.2, 0) is 26.8 Å². The second-order valence-corrected chi connectivity index (χ2v) is 10.7. The topological polar surface area (TPSA) is 122 Å². The highest BCUT2D eigenvalue weighted by atomic mass is 32.2. The smallest absolute Gasteiger partial charge is 0.228 e. The molecule has 0 saturated heterocycles. The summed E-state index contributed by atoms with van der Waals surface area (Å²) in [5.41, 5.74) is 0.546. The number of aryl methyl sites for hydroxylation is 1. The van der Waals surface area contributed by atoms with Gasteiger partial charge in [0.25, 0.3) is 0 Å². The first kappa shape index (κ1) is 25.9. The molecule has 1 heterocycles. The van der Waals surface area contributed by atoms with Crippen LogP contribution in [0.15, 0.2) is 59.0 Å². The van der Waals surface area contributed by atoms with E-state index < -0.39 is 15.6 Å². The zero-order valence-electron chi connectivity index (χ0n) is 19.7. The SMILES string of the molecule is CC(=O)NCCC(C)CCS(=O)(=O)NCC(O)(CCc1ccccc1)c1nc2ccccc2o1. The predicted octanol–water partition coefficient (Wildman–Crippen LogP) is 3.12. The van der Waals surface area contributed by atoms with Gasteiger partial charge in [-0.05, 0) is 49.3 Å². The molecule has 2 atom stereocenters. The molecule has 0 aliphatic carbocycles. The molecule has 0 aliphatic heterocycles. The summed E-state index contributed by atoms with van der Waals surface area (Å²) in [7, 11) is -3.64. The maximum Gasteiger partial charge on any atom is 0.228 e. The van der Waals surface area contributed by atoms with Crippen molar-refractivity contribution in [2.45, 2.75) is 45.1 Å². The molecule has 1 aromatic heterocycles. The van der Waals surface area contributed by atoms with Gasteiger partial charge in [0.05, 0.1) is 5.75 Å². The molecule has 2 aromatic carbocycles. The van der Waals surface area contributed by atoms with E-state index in [9.17, 15) is 18.3 Å². The van der Waals surface area contributed by atoms with E-state index in [1.807, 2.05) is 49.4 Å². The summed E-state index contributed by atoms with van der Waals surface area (Å²) >= 11 is 0. The normalized spacial score (nSPS) is 14.6. The van der Waals surface area contributed by atoms with Crippen LogP contribution in [0.5, 0.6) is 0 Å². The first-order valence-electron chi connectivity index (χ1n) is 11.5. The molecule has 0 radical (unpaired) electrons. The van der Waals surface area contributed by atoms with Gasteiger partial charge >= 0.3 is 0 Å². The monoisotopic (exact) mass is 487 g/mol. The Morgan fingerprint density at radius 1 is 1.12 bits per heavy atom. The Balaban J connectivity index is 1.67. The lowest BCUT2D eigenvalue weighted by atomic mass is 9.95. The zero-order chi connectivity index (χ0) is 24.6. The highest BCUT2D eigenvalue weighted by molar-refractivity contribution is 7.89. The number of carbonyl (C=O) groups excluding carboxylic acids is 1. The minimum absolute atomic E-state index is 0.0729. The Bertz CT molecular complexity index is 1150. The van der Waals surface area contributed by atoms with Crippen LogP contribution < -0.4 is 10.0 Å². The molecular formula is C25H33N3O5S. The molecule has 0 fully saturated rings. The number of fused-ring (bicyclic) bond motifs is 1. The number of para-hydroxylation sites is 2. The van der Waals surface area contributed by atoms with Gasteiger partial charge < -0.3 is 14.8 Å². The molecule has 3 aromatic rings. The van der Waals surface area contributed by atoms with Gasteiger partial charge in [0.2, 0.25) is 21.8 Å². The third-order valence-corrected chi connectivity index (χ3v) is 7.19. The fourth-order valence-electron chi connectivity index (χ4n) is 3.63. The van der Waals surface area contributed by atoms with Crippen molar-refractivity contribution in [1.29, 1.82) is 0 Å². The van der Waals surface area contributed by atoms with Crippen molar-refractivity contribution in [2.75, 3.05) is 18.8 Å². The van der Waals surface area contributed by atoms with Gasteiger partial charge in [-0.3, -0.25) is 4.79 Å². The lowest BCUT2D eigenvalue weighted by Crippen LogP contribution is -2.42. The highest BCUT2D eigenvalue weighted by Crippen LogP contribution is 2.29. The third-order valence-electron chi connectivity index (χ3n) is 5.84. The molecular weight excluding hydrogens is 454 g/mol. The van der Waals surface area contributed by atoms with E-state index in [-0.39, 0.29) is 36.4 Å². The molecule has 3 N–H and O–H groups in total. The number of hydrogen-bond donors (Lipinski definition) is 3. The number of sulfonamides is 1. The molecule has 2 unspecified atom stereocenters. The fraction of sp³-hybridized carbons (Fsp3) is 0.440. The molecule has 3 rings (SSSR count). The van der Waals surface area contributed by atoms with Crippen molar-refractivity contribution < 1.29 is 22.7 Å². The molecule has 0 spiro atoms. The maximum atomic E-state index is 12.7. The molecule has 8 nitrogen and oxygen atoms in total. The van der Waals surface area contributed by atoms with E-state index in [0.717, 1.165) is 5.56 Å². The van der Waals surface area contributed by atoms with Crippen LogP contribution in [0, 0.1) is 5.92 Å². The number of nitrogens with one attached hydrogen (secondary N) is 2. The Morgan fingerprint density at radius 3 is 2.53 bits per heavy atom. The maximum absolute atomic E-state index is 12.7. The van der Waals surface area contributed by atoms with E-state index >= 15 is 0 Å². The highest BCUT2D eigenvalue weighted by Gasteiger charge is 2.36. The summed E-state index contributed by atoms with van der Waals surface area (Å²) < 4.78 is 33.8. The van der Waals surface area contributed by atoms with E-state index in [0.29, 0.717) is 36.9 Å². The first-order chi connectivity index (χ1) is 16.2. The lowest BCUT2D eigenvalue weighted by Gasteiger charge is -2.25. The first-order valence-corrected chi connectivity index (χ1v) is 13.2. The molecule has 0 bridgehead atoms. The number of aliphatic hydroxyl groups is 1. The molecule has 0 saturated carbocycles. The predicted molar refractivity (Wildman–Crippen MR) is 132 cm³/mol. The van der Waals surface area contributed by atoms with Crippen LogP contribution in [0.2, 0.25) is 0 Å². The number of hydrogen-bond acceptors (Lipinski definition) is 6. The Kier molecular flexibility index (Phi) is 8.82. The number of amides is 1. The van der Waals surface area contributed by atoms with Gasteiger partial charge in [-0.15, -0.1) is 0 Å². The largest absolute Gasteiger partial charge is 0.437 e. The van der Waals surface area contributed by atoms with Gasteiger partial charge in [-0.2, -0.15) is 0 Å². The summed E-state index contributed by atoms with van der Waals surface area (Å²) in [5, 5.41) is 14.3. The van der Waals surface area contributed by atoms with Gasteiger partial charge in [0, 0.05) is 20.0 Å². The number of oxazole rings is 1. The number of carbonyl (C=O) groups is 1. The van der Waals surface area contributed by atoms with Gasteiger partial charge in [0.1, 0.15) is 5.52 Å². The van der Waals surface area contributed by atoms with E-state index in [1.165, 1.54) is 6.92 Å². The Labute approximate surface area is 200 Å².